The predicted octanol–water partition coefficient (Wildman–Crippen LogP) is 2.01. The summed E-state index contributed by atoms with van der Waals surface area (Å²) in [5.74, 6) is 1.07. The maximum Gasteiger partial charge on any atom is 0.119 e. The molecule has 0 N–H and O–H groups in total. The third kappa shape index (κ3) is 0.671. The first kappa shape index (κ1) is 5.92. The van der Waals surface area contributed by atoms with E-state index in [0.717, 1.165) is 5.82 Å². The van der Waals surface area contributed by atoms with Crippen LogP contribution in [0.5, 0.6) is 0 Å². The highest BCUT2D eigenvalue weighted by Crippen LogP contribution is 2.17. The van der Waals surface area contributed by atoms with Crippen LogP contribution in [0.2, 0.25) is 0 Å². The second-order valence-electron chi connectivity index (χ2n) is 2.36. The molecule has 0 spiro atoms. The fourth-order valence-corrected chi connectivity index (χ4v) is 1.91. The standard InChI is InChI=1S/C7H8N2S/c1-5-4-9-6(2)8-3-7(9)10-5/h3-4H,1-2H3. The number of hydrogen-bond acceptors (Lipinski definition) is 2. The van der Waals surface area contributed by atoms with Gasteiger partial charge in [0.25, 0.3) is 0 Å². The molecule has 2 heterocycles. The summed E-state index contributed by atoms with van der Waals surface area (Å²) in [5, 5.41) is 0. The number of fused-ring (bicyclic) bond motifs is 1. The van der Waals surface area contributed by atoms with E-state index in [2.05, 4.69) is 22.5 Å². The van der Waals surface area contributed by atoms with Crippen molar-refractivity contribution in [1.82, 2.24) is 9.38 Å². The Labute approximate surface area is 63.1 Å². The highest BCUT2D eigenvalue weighted by atomic mass is 32.1. The van der Waals surface area contributed by atoms with Crippen LogP contribution < -0.4 is 0 Å². The third-order valence-electron chi connectivity index (χ3n) is 1.52. The Hall–Kier alpha value is -0.830. The monoisotopic (exact) mass is 152 g/mol. The van der Waals surface area contributed by atoms with Crippen LogP contribution in [0.25, 0.3) is 4.83 Å². The van der Waals surface area contributed by atoms with Crippen molar-refractivity contribution in [3.05, 3.63) is 23.1 Å². The Morgan fingerprint density at radius 3 is 3.00 bits per heavy atom. The lowest BCUT2D eigenvalue weighted by Crippen LogP contribution is -1.80. The van der Waals surface area contributed by atoms with Crippen LogP contribution in [0.1, 0.15) is 10.7 Å². The number of aromatic nitrogens is 2. The lowest BCUT2D eigenvalue weighted by molar-refractivity contribution is 1.05. The first-order chi connectivity index (χ1) is 4.77. The Morgan fingerprint density at radius 2 is 2.30 bits per heavy atom. The Balaban J connectivity index is 2.90. The molecule has 3 heteroatoms. The molecule has 0 aliphatic heterocycles. The number of aryl methyl sites for hydroxylation is 2. The molecule has 0 saturated carbocycles. The Morgan fingerprint density at radius 1 is 1.50 bits per heavy atom. The van der Waals surface area contributed by atoms with Crippen molar-refractivity contribution >= 4 is 16.2 Å². The van der Waals surface area contributed by atoms with Crippen LogP contribution in [0.3, 0.4) is 0 Å². The first-order valence-electron chi connectivity index (χ1n) is 3.17. The van der Waals surface area contributed by atoms with Gasteiger partial charge in [0.05, 0.1) is 6.20 Å². The SMILES string of the molecule is Cc1cn2c(C)ncc2s1. The molecule has 0 aliphatic rings. The molecule has 52 valence electrons. The highest BCUT2D eigenvalue weighted by Gasteiger charge is 1.99. The van der Waals surface area contributed by atoms with E-state index in [1.807, 2.05) is 13.1 Å². The zero-order valence-corrected chi connectivity index (χ0v) is 6.77. The largest absolute Gasteiger partial charge is 0.294 e. The van der Waals surface area contributed by atoms with E-state index < -0.39 is 0 Å². The quantitative estimate of drug-likeness (QED) is 0.564. The molecule has 0 bridgehead atoms. The molecule has 0 atom stereocenters. The van der Waals surface area contributed by atoms with Crippen LogP contribution in [-0.4, -0.2) is 9.38 Å². The molecule has 0 aromatic carbocycles. The van der Waals surface area contributed by atoms with E-state index >= 15 is 0 Å². The average molecular weight is 152 g/mol. The van der Waals surface area contributed by atoms with Crippen LogP contribution in [0, 0.1) is 13.8 Å². The van der Waals surface area contributed by atoms with Gasteiger partial charge in [-0.3, -0.25) is 4.40 Å². The number of hydrogen-bond donors (Lipinski definition) is 0. The zero-order chi connectivity index (χ0) is 7.14. The summed E-state index contributed by atoms with van der Waals surface area (Å²) >= 11 is 1.77. The fraction of sp³-hybridized carbons (Fsp3) is 0.286. The summed E-state index contributed by atoms with van der Waals surface area (Å²) in [7, 11) is 0. The van der Waals surface area contributed by atoms with Gasteiger partial charge in [-0.1, -0.05) is 0 Å². The van der Waals surface area contributed by atoms with Crippen LogP contribution in [0.4, 0.5) is 0 Å². The Kier molecular flexibility index (Phi) is 1.08. The fourth-order valence-electron chi connectivity index (χ4n) is 1.04. The second-order valence-corrected chi connectivity index (χ2v) is 3.62. The second kappa shape index (κ2) is 1.83. The number of rotatable bonds is 0. The summed E-state index contributed by atoms with van der Waals surface area (Å²) in [4.78, 5) is 6.74. The molecule has 2 aromatic rings. The highest BCUT2D eigenvalue weighted by molar-refractivity contribution is 7.17. The van der Waals surface area contributed by atoms with Crippen LogP contribution in [0.15, 0.2) is 12.4 Å². The smallest absolute Gasteiger partial charge is 0.119 e. The van der Waals surface area contributed by atoms with Gasteiger partial charge in [-0.05, 0) is 13.8 Å². The number of nitrogens with zero attached hydrogens (tertiary/aromatic N) is 2. The average Bonchev–Trinajstić information content (AvgIpc) is 2.35. The lowest BCUT2D eigenvalue weighted by atomic mass is 10.6. The summed E-state index contributed by atoms with van der Waals surface area (Å²) in [6.45, 7) is 4.12. The van der Waals surface area contributed by atoms with Crippen molar-refractivity contribution in [1.29, 1.82) is 0 Å². The molecule has 2 nitrogen and oxygen atoms in total. The normalized spacial score (nSPS) is 11.0. The number of thiazole rings is 1. The van der Waals surface area contributed by atoms with E-state index in [1.165, 1.54) is 9.71 Å². The minimum atomic E-state index is 1.07. The molecule has 0 radical (unpaired) electrons. The summed E-state index contributed by atoms with van der Waals surface area (Å²) < 4.78 is 2.11. The van der Waals surface area contributed by atoms with E-state index in [9.17, 15) is 0 Å². The predicted molar refractivity (Wildman–Crippen MR) is 42.5 cm³/mol. The maximum atomic E-state index is 4.17. The van der Waals surface area contributed by atoms with Gasteiger partial charge in [0, 0.05) is 11.1 Å². The van der Waals surface area contributed by atoms with Crippen molar-refractivity contribution in [2.45, 2.75) is 13.8 Å². The van der Waals surface area contributed by atoms with E-state index in [4.69, 9.17) is 0 Å². The topological polar surface area (TPSA) is 17.3 Å². The summed E-state index contributed by atoms with van der Waals surface area (Å²) in [6.07, 6.45) is 4.02. The maximum absolute atomic E-state index is 4.17. The molecule has 0 fully saturated rings. The van der Waals surface area contributed by atoms with E-state index in [1.54, 1.807) is 11.3 Å². The van der Waals surface area contributed by atoms with E-state index in [-0.39, 0.29) is 0 Å². The van der Waals surface area contributed by atoms with Crippen molar-refractivity contribution in [3.8, 4) is 0 Å². The lowest BCUT2D eigenvalue weighted by Gasteiger charge is -1.83. The Bertz CT molecular complexity index is 358. The molecule has 0 amide bonds. The van der Waals surface area contributed by atoms with Crippen molar-refractivity contribution in [2.75, 3.05) is 0 Å². The first-order valence-corrected chi connectivity index (χ1v) is 3.99. The van der Waals surface area contributed by atoms with Gasteiger partial charge < -0.3 is 0 Å². The minimum Gasteiger partial charge on any atom is -0.294 e. The van der Waals surface area contributed by atoms with Crippen LogP contribution in [-0.2, 0) is 0 Å². The molecule has 10 heavy (non-hydrogen) atoms. The van der Waals surface area contributed by atoms with E-state index in [0.29, 0.717) is 0 Å². The molecule has 0 saturated heterocycles. The molecular formula is C7H8N2S. The van der Waals surface area contributed by atoms with Gasteiger partial charge in [0.2, 0.25) is 0 Å². The molecule has 2 aromatic heterocycles. The summed E-state index contributed by atoms with van der Waals surface area (Å²) in [5.41, 5.74) is 0. The van der Waals surface area contributed by atoms with Gasteiger partial charge in [-0.2, -0.15) is 0 Å². The minimum absolute atomic E-state index is 1.07. The van der Waals surface area contributed by atoms with Gasteiger partial charge in [-0.25, -0.2) is 4.98 Å². The van der Waals surface area contributed by atoms with Gasteiger partial charge in [0.15, 0.2) is 0 Å². The molecular weight excluding hydrogens is 144 g/mol. The van der Waals surface area contributed by atoms with Gasteiger partial charge >= 0.3 is 0 Å². The summed E-state index contributed by atoms with van der Waals surface area (Å²) in [6, 6.07) is 0. The van der Waals surface area contributed by atoms with Crippen molar-refractivity contribution < 1.29 is 0 Å². The van der Waals surface area contributed by atoms with Crippen LogP contribution >= 0.6 is 11.3 Å². The zero-order valence-electron chi connectivity index (χ0n) is 5.96. The number of imidazole rings is 1. The third-order valence-corrected chi connectivity index (χ3v) is 2.46. The van der Waals surface area contributed by atoms with Gasteiger partial charge in [-0.15, -0.1) is 11.3 Å². The molecule has 0 aliphatic carbocycles. The molecule has 0 unspecified atom stereocenters. The van der Waals surface area contributed by atoms with Crippen molar-refractivity contribution in [2.24, 2.45) is 0 Å². The molecule has 2 rings (SSSR count). The van der Waals surface area contributed by atoms with Crippen molar-refractivity contribution in [3.63, 3.8) is 0 Å². The van der Waals surface area contributed by atoms with Gasteiger partial charge in [0.1, 0.15) is 10.7 Å².